The summed E-state index contributed by atoms with van der Waals surface area (Å²) in [6.07, 6.45) is -2.62. The Morgan fingerprint density at radius 3 is 2.39 bits per heavy atom. The van der Waals surface area contributed by atoms with Crippen molar-refractivity contribution in [2.45, 2.75) is 51.0 Å². The van der Waals surface area contributed by atoms with E-state index in [1.807, 2.05) is 12.1 Å². The third kappa shape index (κ3) is 7.48. The minimum absolute atomic E-state index is 0.180. The molecule has 0 saturated carbocycles. The van der Waals surface area contributed by atoms with Crippen LogP contribution < -0.4 is 15.4 Å². The quantitative estimate of drug-likeness (QED) is 0.557. The molecule has 0 aliphatic rings. The maximum Gasteiger partial charge on any atom is 0.408 e. The summed E-state index contributed by atoms with van der Waals surface area (Å²) < 4.78 is 40.8. The largest absolute Gasteiger partial charge is 0.497 e. The van der Waals surface area contributed by atoms with E-state index in [2.05, 4.69) is 10.6 Å². The van der Waals surface area contributed by atoms with Gasteiger partial charge in [-0.15, -0.1) is 0 Å². The van der Waals surface area contributed by atoms with E-state index in [0.29, 0.717) is 12.3 Å². The van der Waals surface area contributed by atoms with Gasteiger partial charge in [-0.2, -0.15) is 8.78 Å². The number of benzene rings is 2. The molecule has 2 rings (SSSR count). The monoisotopic (exact) mass is 436 g/mol. The maximum absolute atomic E-state index is 15.2. The predicted molar refractivity (Wildman–Crippen MR) is 114 cm³/mol. The zero-order valence-corrected chi connectivity index (χ0v) is 18.2. The summed E-state index contributed by atoms with van der Waals surface area (Å²) in [4.78, 5) is 12.2. The number of alkyl halides is 2. The second-order valence-electron chi connectivity index (χ2n) is 8.16. The number of methoxy groups -OCH3 is 1. The first-order valence-corrected chi connectivity index (χ1v) is 9.97. The number of hydrogen-bond donors (Lipinski definition) is 3. The molecule has 0 aliphatic heterocycles. The number of rotatable bonds is 9. The van der Waals surface area contributed by atoms with Gasteiger partial charge in [-0.3, -0.25) is 0 Å². The second kappa shape index (κ2) is 10.5. The molecule has 0 bridgehead atoms. The first-order chi connectivity index (χ1) is 14.5. The highest BCUT2D eigenvalue weighted by Gasteiger charge is 2.46. The van der Waals surface area contributed by atoms with Crippen LogP contribution in [-0.4, -0.2) is 42.6 Å². The highest BCUT2D eigenvalue weighted by atomic mass is 19.3. The molecule has 3 N–H and O–H groups in total. The number of amides is 1. The minimum atomic E-state index is -3.53. The molecule has 2 aromatic carbocycles. The van der Waals surface area contributed by atoms with Crippen molar-refractivity contribution in [2.24, 2.45) is 0 Å². The number of ether oxygens (including phenoxy) is 2. The van der Waals surface area contributed by atoms with Crippen LogP contribution in [0.4, 0.5) is 13.6 Å². The van der Waals surface area contributed by atoms with Gasteiger partial charge >= 0.3 is 6.09 Å². The van der Waals surface area contributed by atoms with Crippen molar-refractivity contribution in [2.75, 3.05) is 13.7 Å². The Kier molecular flexibility index (Phi) is 8.36. The van der Waals surface area contributed by atoms with E-state index in [-0.39, 0.29) is 12.1 Å². The molecule has 170 valence electrons. The Morgan fingerprint density at radius 1 is 1.10 bits per heavy atom. The lowest BCUT2D eigenvalue weighted by molar-refractivity contribution is -0.0848. The molecule has 0 aromatic heterocycles. The molecule has 0 unspecified atom stereocenters. The molecule has 0 fully saturated rings. The third-order valence-corrected chi connectivity index (χ3v) is 4.42. The van der Waals surface area contributed by atoms with Crippen LogP contribution in [0, 0.1) is 0 Å². The topological polar surface area (TPSA) is 79.8 Å². The normalized spacial score (nSPS) is 13.9. The van der Waals surface area contributed by atoms with Gasteiger partial charge in [0.1, 0.15) is 17.4 Å². The average Bonchev–Trinajstić information content (AvgIpc) is 2.71. The van der Waals surface area contributed by atoms with Crippen molar-refractivity contribution >= 4 is 6.09 Å². The van der Waals surface area contributed by atoms with Crippen LogP contribution in [0.5, 0.6) is 5.75 Å². The lowest BCUT2D eigenvalue weighted by Gasteiger charge is -2.32. The Balaban J connectivity index is 2.13. The van der Waals surface area contributed by atoms with E-state index in [1.165, 1.54) is 24.3 Å². The number of hydrogen-bond acceptors (Lipinski definition) is 5. The summed E-state index contributed by atoms with van der Waals surface area (Å²) in [6.45, 7) is 5.03. The van der Waals surface area contributed by atoms with Crippen LogP contribution in [0.3, 0.4) is 0 Å². The van der Waals surface area contributed by atoms with Crippen molar-refractivity contribution in [1.29, 1.82) is 0 Å². The summed E-state index contributed by atoms with van der Waals surface area (Å²) in [7, 11) is 1.55. The Labute approximate surface area is 181 Å². The second-order valence-corrected chi connectivity index (χ2v) is 8.16. The first kappa shape index (κ1) is 24.6. The number of aliphatic hydroxyl groups excluding tert-OH is 1. The van der Waals surface area contributed by atoms with Crippen molar-refractivity contribution in [3.05, 3.63) is 65.7 Å². The van der Waals surface area contributed by atoms with Crippen molar-refractivity contribution in [1.82, 2.24) is 10.6 Å². The van der Waals surface area contributed by atoms with E-state index in [1.54, 1.807) is 46.1 Å². The molecule has 2 aromatic rings. The summed E-state index contributed by atoms with van der Waals surface area (Å²) in [5.74, 6) is -2.87. The molecule has 0 aliphatic carbocycles. The van der Waals surface area contributed by atoms with Gasteiger partial charge in [0.15, 0.2) is 0 Å². The first-order valence-electron chi connectivity index (χ1n) is 9.97. The Hall–Kier alpha value is -2.71. The van der Waals surface area contributed by atoms with Crippen LogP contribution in [0.1, 0.15) is 31.9 Å². The molecule has 0 saturated heterocycles. The third-order valence-electron chi connectivity index (χ3n) is 4.42. The minimum Gasteiger partial charge on any atom is -0.497 e. The van der Waals surface area contributed by atoms with Gasteiger partial charge in [0, 0.05) is 18.7 Å². The summed E-state index contributed by atoms with van der Waals surface area (Å²) >= 11 is 0. The lowest BCUT2D eigenvalue weighted by Crippen LogP contribution is -2.56. The lowest BCUT2D eigenvalue weighted by atomic mass is 9.96. The zero-order valence-electron chi connectivity index (χ0n) is 18.2. The number of aliphatic hydroxyl groups is 1. The van der Waals surface area contributed by atoms with Crippen LogP contribution in [0.2, 0.25) is 0 Å². The van der Waals surface area contributed by atoms with Gasteiger partial charge in [-0.1, -0.05) is 42.5 Å². The number of carbonyl (C=O) groups is 1. The highest BCUT2D eigenvalue weighted by molar-refractivity contribution is 5.68. The van der Waals surface area contributed by atoms with E-state index in [4.69, 9.17) is 9.47 Å². The molecule has 1 amide bonds. The van der Waals surface area contributed by atoms with Crippen molar-refractivity contribution in [3.63, 3.8) is 0 Å². The van der Waals surface area contributed by atoms with Crippen LogP contribution in [-0.2, 0) is 17.2 Å². The van der Waals surface area contributed by atoms with Crippen LogP contribution in [0.15, 0.2) is 54.6 Å². The molecular weight excluding hydrogens is 406 g/mol. The maximum atomic E-state index is 15.2. The van der Waals surface area contributed by atoms with E-state index < -0.39 is 29.8 Å². The fourth-order valence-electron chi connectivity index (χ4n) is 2.97. The molecule has 0 spiro atoms. The highest BCUT2D eigenvalue weighted by Crippen LogP contribution is 2.33. The molecule has 0 heterocycles. The smallest absolute Gasteiger partial charge is 0.408 e. The number of carbonyl (C=O) groups excluding carboxylic acids is 1. The van der Waals surface area contributed by atoms with Crippen molar-refractivity contribution in [3.8, 4) is 5.75 Å². The van der Waals surface area contributed by atoms with Gasteiger partial charge in [-0.05, 0) is 38.5 Å². The molecular formula is C23H30F2N2O4. The molecule has 8 heteroatoms. The summed E-state index contributed by atoms with van der Waals surface area (Å²) in [5.41, 5.74) is -0.326. The number of halogens is 2. The number of alkyl carbamates (subject to hydrolysis) is 1. The van der Waals surface area contributed by atoms with Gasteiger partial charge in [0.05, 0.1) is 13.2 Å². The molecule has 6 nitrogen and oxygen atoms in total. The molecule has 2 atom stereocenters. The van der Waals surface area contributed by atoms with Gasteiger partial charge in [0.2, 0.25) is 0 Å². The van der Waals surface area contributed by atoms with Gasteiger partial charge in [0.25, 0.3) is 5.92 Å². The van der Waals surface area contributed by atoms with E-state index in [9.17, 15) is 9.90 Å². The van der Waals surface area contributed by atoms with E-state index in [0.717, 1.165) is 5.56 Å². The average molecular weight is 436 g/mol. The summed E-state index contributed by atoms with van der Waals surface area (Å²) in [5, 5.41) is 15.7. The zero-order chi connectivity index (χ0) is 23.1. The number of nitrogens with one attached hydrogen (secondary N) is 2. The fourth-order valence-corrected chi connectivity index (χ4v) is 2.97. The van der Waals surface area contributed by atoms with Gasteiger partial charge in [-0.25, -0.2) is 4.79 Å². The van der Waals surface area contributed by atoms with Crippen molar-refractivity contribution < 1.29 is 28.2 Å². The van der Waals surface area contributed by atoms with Gasteiger partial charge < -0.3 is 25.2 Å². The predicted octanol–water partition coefficient (Wildman–Crippen LogP) is 3.83. The molecule has 31 heavy (non-hydrogen) atoms. The standard InChI is InChI=1S/C23H30F2N2O4/c1-22(2,3)31-21(29)27-20(23(24,25)17-10-6-5-7-11-17)19(28)15-26-14-16-9-8-12-18(13-16)30-4/h5-13,19-20,26,28H,14-15H2,1-4H3,(H,27,29)/t19-,20-/m1/s1. The van der Waals surface area contributed by atoms with Crippen LogP contribution in [0.25, 0.3) is 0 Å². The summed E-state index contributed by atoms with van der Waals surface area (Å²) in [6, 6.07) is 12.4. The Bertz CT molecular complexity index is 841. The van der Waals surface area contributed by atoms with E-state index >= 15 is 8.78 Å². The Morgan fingerprint density at radius 2 is 1.77 bits per heavy atom. The van der Waals surface area contributed by atoms with Crippen LogP contribution >= 0.6 is 0 Å². The fraction of sp³-hybridized carbons (Fsp3) is 0.435. The SMILES string of the molecule is COc1cccc(CNC[C@@H](O)[C@@H](NC(=O)OC(C)(C)C)C(F)(F)c2ccccc2)c1. The molecule has 0 radical (unpaired) electrons.